The van der Waals surface area contributed by atoms with Crippen molar-refractivity contribution in [1.29, 1.82) is 0 Å². The summed E-state index contributed by atoms with van der Waals surface area (Å²) >= 11 is 0. The number of pyridine rings is 1. The summed E-state index contributed by atoms with van der Waals surface area (Å²) in [5.41, 5.74) is 3.01. The van der Waals surface area contributed by atoms with Gasteiger partial charge in [0.05, 0.1) is 10.9 Å². The maximum atomic E-state index is 13.1. The number of rotatable bonds is 3. The number of benzene rings is 1. The Morgan fingerprint density at radius 3 is 2.52 bits per heavy atom. The van der Waals surface area contributed by atoms with Crippen LogP contribution in [0, 0.1) is 13.8 Å². The fraction of sp³-hybridized carbons (Fsp3) is 0.389. The third kappa shape index (κ3) is 3.31. The quantitative estimate of drug-likeness (QED) is 0.864. The van der Waals surface area contributed by atoms with E-state index in [0.29, 0.717) is 11.4 Å². The zero-order chi connectivity index (χ0) is 16.4. The van der Waals surface area contributed by atoms with Gasteiger partial charge in [-0.2, -0.15) is 4.31 Å². The summed E-state index contributed by atoms with van der Waals surface area (Å²) in [5, 5.41) is 0. The number of hydrogen-bond acceptors (Lipinski definition) is 3. The molecule has 0 aliphatic carbocycles. The molecule has 122 valence electrons. The number of piperidine rings is 1. The molecule has 0 N–H and O–H groups in total. The van der Waals surface area contributed by atoms with Gasteiger partial charge in [-0.05, 0) is 56.5 Å². The van der Waals surface area contributed by atoms with Crippen LogP contribution in [0.15, 0.2) is 47.5 Å². The normalized spacial score (nSPS) is 19.7. The number of hydrogen-bond donors (Lipinski definition) is 0. The molecule has 0 radical (unpaired) electrons. The number of aromatic nitrogens is 1. The molecule has 3 rings (SSSR count). The Bertz CT molecular complexity index is 785. The molecule has 23 heavy (non-hydrogen) atoms. The van der Waals surface area contributed by atoms with Crippen LogP contribution in [0.25, 0.3) is 0 Å². The fourth-order valence-corrected chi connectivity index (χ4v) is 4.83. The second-order valence-corrected chi connectivity index (χ2v) is 8.06. The van der Waals surface area contributed by atoms with Crippen molar-refractivity contribution in [2.45, 2.75) is 44.0 Å². The molecule has 1 atom stereocenters. The van der Waals surface area contributed by atoms with Crippen molar-refractivity contribution >= 4 is 10.0 Å². The fourth-order valence-electron chi connectivity index (χ4n) is 3.15. The van der Waals surface area contributed by atoms with E-state index in [0.717, 1.165) is 36.1 Å². The second-order valence-electron chi connectivity index (χ2n) is 6.17. The van der Waals surface area contributed by atoms with Crippen LogP contribution in [-0.4, -0.2) is 24.3 Å². The Balaban J connectivity index is 1.99. The van der Waals surface area contributed by atoms with Crippen LogP contribution in [0.1, 0.15) is 42.1 Å². The zero-order valence-corrected chi connectivity index (χ0v) is 14.4. The lowest BCUT2D eigenvalue weighted by atomic mass is 9.98. The second kappa shape index (κ2) is 6.42. The van der Waals surface area contributed by atoms with Gasteiger partial charge in [0.15, 0.2) is 0 Å². The van der Waals surface area contributed by atoms with Gasteiger partial charge >= 0.3 is 0 Å². The molecule has 1 aromatic heterocycles. The minimum atomic E-state index is -3.48. The van der Waals surface area contributed by atoms with E-state index in [1.165, 1.54) is 0 Å². The smallest absolute Gasteiger partial charge is 0.243 e. The molecule has 0 bridgehead atoms. The first-order chi connectivity index (χ1) is 11.0. The van der Waals surface area contributed by atoms with E-state index in [2.05, 4.69) is 4.98 Å². The molecule has 1 aliphatic rings. The molecule has 0 spiro atoms. The van der Waals surface area contributed by atoms with Crippen molar-refractivity contribution < 1.29 is 8.42 Å². The molecule has 2 aromatic rings. The third-order valence-corrected chi connectivity index (χ3v) is 6.31. The van der Waals surface area contributed by atoms with Gasteiger partial charge in [0.25, 0.3) is 0 Å². The number of aryl methyl sites for hydroxylation is 2. The molecule has 1 aliphatic heterocycles. The van der Waals surface area contributed by atoms with Crippen molar-refractivity contribution in [3.63, 3.8) is 0 Å². The van der Waals surface area contributed by atoms with Crippen molar-refractivity contribution in [3.8, 4) is 0 Å². The summed E-state index contributed by atoms with van der Waals surface area (Å²) < 4.78 is 27.8. The summed E-state index contributed by atoms with van der Waals surface area (Å²) in [6.07, 6.45) is 4.57. The largest absolute Gasteiger partial charge is 0.262 e. The first-order valence-corrected chi connectivity index (χ1v) is 9.43. The van der Waals surface area contributed by atoms with Gasteiger partial charge in [0.2, 0.25) is 10.0 Å². The van der Waals surface area contributed by atoms with Gasteiger partial charge in [-0.3, -0.25) is 4.98 Å². The zero-order valence-electron chi connectivity index (χ0n) is 13.6. The Hall–Kier alpha value is -1.72. The molecule has 4 nitrogen and oxygen atoms in total. The summed E-state index contributed by atoms with van der Waals surface area (Å²) in [4.78, 5) is 4.60. The third-order valence-electron chi connectivity index (χ3n) is 4.39. The van der Waals surface area contributed by atoms with Crippen LogP contribution < -0.4 is 0 Å². The van der Waals surface area contributed by atoms with Gasteiger partial charge in [0.1, 0.15) is 0 Å². The molecule has 1 saturated heterocycles. The van der Waals surface area contributed by atoms with Crippen molar-refractivity contribution in [3.05, 3.63) is 59.4 Å². The molecule has 2 heterocycles. The summed E-state index contributed by atoms with van der Waals surface area (Å²) in [6, 6.07) is 10.9. The molecular formula is C18H22N2O2S. The van der Waals surface area contributed by atoms with Crippen LogP contribution in [0.5, 0.6) is 0 Å². The first kappa shape index (κ1) is 16.1. The number of sulfonamides is 1. The predicted octanol–water partition coefficient (Wildman–Crippen LogP) is 3.61. The van der Waals surface area contributed by atoms with Gasteiger partial charge < -0.3 is 0 Å². The van der Waals surface area contributed by atoms with Crippen LogP contribution in [0.3, 0.4) is 0 Å². The summed E-state index contributed by atoms with van der Waals surface area (Å²) in [5.74, 6) is 0. The van der Waals surface area contributed by atoms with Crippen molar-refractivity contribution in [2.24, 2.45) is 0 Å². The van der Waals surface area contributed by atoms with E-state index in [1.807, 2.05) is 38.1 Å². The molecule has 0 unspecified atom stereocenters. The highest BCUT2D eigenvalue weighted by Crippen LogP contribution is 2.35. The first-order valence-electron chi connectivity index (χ1n) is 7.99. The average molecular weight is 330 g/mol. The van der Waals surface area contributed by atoms with E-state index in [1.54, 1.807) is 22.6 Å². The Labute approximate surface area is 138 Å². The van der Waals surface area contributed by atoms with Crippen LogP contribution in [-0.2, 0) is 10.0 Å². The standard InChI is InChI=1S/C18H22N2O2S/c1-14-6-8-17(9-7-14)23(21,22)20-12-4-3-5-18(20)16-10-11-19-15(2)13-16/h6-11,13,18H,3-5,12H2,1-2H3/t18-/m1/s1. The van der Waals surface area contributed by atoms with Gasteiger partial charge in [-0.1, -0.05) is 24.1 Å². The van der Waals surface area contributed by atoms with Crippen molar-refractivity contribution in [1.82, 2.24) is 9.29 Å². The monoisotopic (exact) mass is 330 g/mol. The lowest BCUT2D eigenvalue weighted by Gasteiger charge is -2.35. The molecule has 0 saturated carbocycles. The van der Waals surface area contributed by atoms with Crippen LogP contribution in [0.2, 0.25) is 0 Å². The molecule has 0 amide bonds. The van der Waals surface area contributed by atoms with E-state index < -0.39 is 10.0 Å². The molecule has 5 heteroatoms. The van der Waals surface area contributed by atoms with Gasteiger partial charge in [-0.15, -0.1) is 0 Å². The van der Waals surface area contributed by atoms with Gasteiger partial charge in [0, 0.05) is 18.4 Å². The predicted molar refractivity (Wildman–Crippen MR) is 90.6 cm³/mol. The minimum Gasteiger partial charge on any atom is -0.262 e. The molecule has 1 aromatic carbocycles. The maximum absolute atomic E-state index is 13.1. The highest BCUT2D eigenvalue weighted by Gasteiger charge is 2.34. The van der Waals surface area contributed by atoms with Crippen molar-refractivity contribution in [2.75, 3.05) is 6.54 Å². The van der Waals surface area contributed by atoms with E-state index in [-0.39, 0.29) is 6.04 Å². The van der Waals surface area contributed by atoms with E-state index >= 15 is 0 Å². The number of nitrogens with zero attached hydrogens (tertiary/aromatic N) is 2. The highest BCUT2D eigenvalue weighted by atomic mass is 32.2. The van der Waals surface area contributed by atoms with E-state index in [9.17, 15) is 8.42 Å². The Morgan fingerprint density at radius 2 is 1.83 bits per heavy atom. The van der Waals surface area contributed by atoms with Crippen LogP contribution in [0.4, 0.5) is 0 Å². The lowest BCUT2D eigenvalue weighted by Crippen LogP contribution is -2.38. The Morgan fingerprint density at radius 1 is 1.09 bits per heavy atom. The van der Waals surface area contributed by atoms with Crippen LogP contribution >= 0.6 is 0 Å². The summed E-state index contributed by atoms with van der Waals surface area (Å²) in [6.45, 7) is 4.47. The Kier molecular flexibility index (Phi) is 4.50. The minimum absolute atomic E-state index is 0.100. The SMILES string of the molecule is Cc1ccc(S(=O)(=O)N2CCCC[C@@H]2c2ccnc(C)c2)cc1. The topological polar surface area (TPSA) is 50.3 Å². The highest BCUT2D eigenvalue weighted by molar-refractivity contribution is 7.89. The summed E-state index contributed by atoms with van der Waals surface area (Å²) in [7, 11) is -3.48. The molecular weight excluding hydrogens is 308 g/mol. The maximum Gasteiger partial charge on any atom is 0.243 e. The molecule has 1 fully saturated rings. The average Bonchev–Trinajstić information content (AvgIpc) is 2.55. The lowest BCUT2D eigenvalue weighted by molar-refractivity contribution is 0.256. The van der Waals surface area contributed by atoms with E-state index in [4.69, 9.17) is 0 Å². The van der Waals surface area contributed by atoms with Gasteiger partial charge in [-0.25, -0.2) is 8.42 Å².